The second-order valence-corrected chi connectivity index (χ2v) is 5.21. The van der Waals surface area contributed by atoms with Gasteiger partial charge in [0.2, 0.25) is 5.91 Å². The molecule has 0 radical (unpaired) electrons. The summed E-state index contributed by atoms with van der Waals surface area (Å²) in [5.41, 5.74) is 7.86. The second kappa shape index (κ2) is 9.10. The molecule has 0 saturated carbocycles. The molecular formula is C17H22ClN3O3. The van der Waals surface area contributed by atoms with E-state index < -0.39 is 5.97 Å². The van der Waals surface area contributed by atoms with Gasteiger partial charge in [-0.25, -0.2) is 4.79 Å². The molecule has 6 nitrogen and oxygen atoms in total. The summed E-state index contributed by atoms with van der Waals surface area (Å²) in [5.74, 6) is -0.626. The maximum Gasteiger partial charge on any atom is 0.355 e. The van der Waals surface area contributed by atoms with Crippen LogP contribution >= 0.6 is 12.4 Å². The van der Waals surface area contributed by atoms with E-state index in [1.807, 2.05) is 30.3 Å². The molecule has 1 heterocycles. The molecule has 0 saturated heterocycles. The average molecular weight is 352 g/mol. The molecule has 1 unspecified atom stereocenters. The zero-order chi connectivity index (χ0) is 16.8. The van der Waals surface area contributed by atoms with E-state index in [0.29, 0.717) is 18.0 Å². The van der Waals surface area contributed by atoms with Crippen LogP contribution in [0.25, 0.3) is 0 Å². The van der Waals surface area contributed by atoms with Crippen LogP contribution in [0.4, 0.5) is 5.69 Å². The van der Waals surface area contributed by atoms with E-state index in [1.165, 1.54) is 0 Å². The Labute approximate surface area is 147 Å². The number of carbonyl (C=O) groups excluding carboxylic acids is 2. The number of amides is 1. The van der Waals surface area contributed by atoms with Gasteiger partial charge in [-0.15, -0.1) is 12.4 Å². The Hall–Kier alpha value is -2.31. The third kappa shape index (κ3) is 5.11. The number of aromatic nitrogens is 1. The summed E-state index contributed by atoms with van der Waals surface area (Å²) in [6, 6.07) is 10.7. The van der Waals surface area contributed by atoms with E-state index in [4.69, 9.17) is 10.5 Å². The molecule has 0 aliphatic heterocycles. The van der Waals surface area contributed by atoms with Crippen LogP contribution in [0.5, 0.6) is 0 Å². The van der Waals surface area contributed by atoms with Gasteiger partial charge in [-0.1, -0.05) is 30.3 Å². The maximum atomic E-state index is 12.1. The molecule has 1 amide bonds. The number of nitrogens with two attached hydrogens (primary N) is 1. The highest BCUT2D eigenvalue weighted by atomic mass is 35.5. The maximum absolute atomic E-state index is 12.1. The van der Waals surface area contributed by atoms with Gasteiger partial charge < -0.3 is 20.4 Å². The number of halogens is 1. The Morgan fingerprint density at radius 1 is 1.29 bits per heavy atom. The first kappa shape index (κ1) is 19.7. The Balaban J connectivity index is 0.00000288. The van der Waals surface area contributed by atoms with E-state index in [2.05, 4.69) is 5.32 Å². The molecule has 2 aromatic rings. The number of nitrogens with one attached hydrogen (secondary N) is 1. The van der Waals surface area contributed by atoms with Gasteiger partial charge >= 0.3 is 5.97 Å². The summed E-state index contributed by atoms with van der Waals surface area (Å²) >= 11 is 0. The van der Waals surface area contributed by atoms with Crippen molar-refractivity contribution in [2.45, 2.75) is 19.4 Å². The molecule has 24 heavy (non-hydrogen) atoms. The molecule has 1 atom stereocenters. The van der Waals surface area contributed by atoms with E-state index in [9.17, 15) is 9.59 Å². The Bertz CT molecular complexity index is 686. The first-order chi connectivity index (χ1) is 11.0. The van der Waals surface area contributed by atoms with Crippen LogP contribution in [0, 0.1) is 0 Å². The lowest BCUT2D eigenvalue weighted by molar-refractivity contribution is -0.116. The van der Waals surface area contributed by atoms with Crippen molar-refractivity contribution < 1.29 is 14.3 Å². The lowest BCUT2D eigenvalue weighted by atomic mass is 10.0. The number of benzene rings is 1. The molecule has 130 valence electrons. The summed E-state index contributed by atoms with van der Waals surface area (Å²) in [7, 11) is 1.72. The molecule has 0 bridgehead atoms. The van der Waals surface area contributed by atoms with Crippen LogP contribution in [0.15, 0.2) is 42.6 Å². The fraction of sp³-hybridized carbons (Fsp3) is 0.294. The van der Waals surface area contributed by atoms with E-state index in [-0.39, 0.29) is 30.8 Å². The van der Waals surface area contributed by atoms with Crippen molar-refractivity contribution in [3.63, 3.8) is 0 Å². The normalized spacial score (nSPS) is 11.3. The zero-order valence-electron chi connectivity index (χ0n) is 13.7. The molecule has 3 N–H and O–H groups in total. The Morgan fingerprint density at radius 3 is 2.58 bits per heavy atom. The predicted molar refractivity (Wildman–Crippen MR) is 95.2 cm³/mol. The summed E-state index contributed by atoms with van der Waals surface area (Å²) in [4.78, 5) is 23.8. The van der Waals surface area contributed by atoms with Crippen molar-refractivity contribution in [1.29, 1.82) is 0 Å². The van der Waals surface area contributed by atoms with Gasteiger partial charge in [0.05, 0.1) is 12.3 Å². The quantitative estimate of drug-likeness (QED) is 0.783. The van der Waals surface area contributed by atoms with Crippen LogP contribution in [-0.2, 0) is 16.6 Å². The summed E-state index contributed by atoms with van der Waals surface area (Å²) < 4.78 is 6.57. The van der Waals surface area contributed by atoms with Gasteiger partial charge in [0.1, 0.15) is 5.69 Å². The van der Waals surface area contributed by atoms with Crippen LogP contribution in [-0.4, -0.2) is 23.1 Å². The van der Waals surface area contributed by atoms with Crippen molar-refractivity contribution in [3.8, 4) is 0 Å². The number of hydrogen-bond acceptors (Lipinski definition) is 4. The highest BCUT2D eigenvalue weighted by molar-refractivity contribution is 5.94. The highest BCUT2D eigenvalue weighted by Crippen LogP contribution is 2.17. The minimum absolute atomic E-state index is 0. The minimum atomic E-state index is -0.420. The third-order valence-electron chi connectivity index (χ3n) is 3.41. The molecule has 1 aromatic carbocycles. The van der Waals surface area contributed by atoms with E-state index in [1.54, 1.807) is 30.8 Å². The van der Waals surface area contributed by atoms with Gasteiger partial charge in [-0.05, 0) is 18.6 Å². The van der Waals surface area contributed by atoms with Crippen LogP contribution in [0.3, 0.4) is 0 Å². The van der Waals surface area contributed by atoms with Crippen molar-refractivity contribution in [1.82, 2.24) is 4.57 Å². The molecule has 2 rings (SSSR count). The fourth-order valence-electron chi connectivity index (χ4n) is 2.27. The first-order valence-electron chi connectivity index (χ1n) is 7.45. The molecule has 0 aliphatic carbocycles. The molecule has 7 heteroatoms. The van der Waals surface area contributed by atoms with Crippen LogP contribution in [0.2, 0.25) is 0 Å². The minimum Gasteiger partial charge on any atom is -0.461 e. The topological polar surface area (TPSA) is 86.3 Å². The molecule has 0 fully saturated rings. The SMILES string of the molecule is CCOC(=O)c1cc(NC(=O)CC(N)c2ccccc2)cn1C.Cl. The lowest BCUT2D eigenvalue weighted by Gasteiger charge is -2.11. The van der Waals surface area contributed by atoms with Crippen molar-refractivity contribution in [3.05, 3.63) is 53.9 Å². The van der Waals surface area contributed by atoms with E-state index >= 15 is 0 Å². The number of nitrogens with zero attached hydrogens (tertiary/aromatic N) is 1. The van der Waals surface area contributed by atoms with Gasteiger partial charge in [0.15, 0.2) is 0 Å². The molecular weight excluding hydrogens is 330 g/mol. The monoisotopic (exact) mass is 351 g/mol. The number of anilines is 1. The molecule has 0 spiro atoms. The van der Waals surface area contributed by atoms with Crippen molar-refractivity contribution in [2.24, 2.45) is 12.8 Å². The number of aryl methyl sites for hydroxylation is 1. The Kier molecular flexibility index (Phi) is 7.48. The molecule has 1 aromatic heterocycles. The van der Waals surface area contributed by atoms with E-state index in [0.717, 1.165) is 5.56 Å². The Morgan fingerprint density at radius 2 is 1.96 bits per heavy atom. The van der Waals surface area contributed by atoms with Crippen molar-refractivity contribution >= 4 is 30.0 Å². The summed E-state index contributed by atoms with van der Waals surface area (Å²) in [6.45, 7) is 2.05. The van der Waals surface area contributed by atoms with Gasteiger partial charge in [-0.2, -0.15) is 0 Å². The van der Waals surface area contributed by atoms with Gasteiger partial charge in [0, 0.05) is 25.7 Å². The van der Waals surface area contributed by atoms with Gasteiger partial charge in [-0.3, -0.25) is 4.79 Å². The summed E-state index contributed by atoms with van der Waals surface area (Å²) in [5, 5.41) is 2.75. The fourth-order valence-corrected chi connectivity index (χ4v) is 2.27. The summed E-state index contributed by atoms with van der Waals surface area (Å²) in [6.07, 6.45) is 1.83. The van der Waals surface area contributed by atoms with Gasteiger partial charge in [0.25, 0.3) is 0 Å². The smallest absolute Gasteiger partial charge is 0.355 e. The second-order valence-electron chi connectivity index (χ2n) is 5.21. The lowest BCUT2D eigenvalue weighted by Crippen LogP contribution is -2.20. The third-order valence-corrected chi connectivity index (χ3v) is 3.41. The largest absolute Gasteiger partial charge is 0.461 e. The van der Waals surface area contributed by atoms with Crippen LogP contribution in [0.1, 0.15) is 35.4 Å². The van der Waals surface area contributed by atoms with Crippen LogP contribution < -0.4 is 11.1 Å². The standard InChI is InChI=1S/C17H21N3O3.ClH/c1-3-23-17(22)15-9-13(11-20(15)2)19-16(21)10-14(18)12-7-5-4-6-8-12;/h4-9,11,14H,3,10,18H2,1-2H3,(H,19,21);1H. The molecule has 0 aliphatic rings. The number of esters is 1. The zero-order valence-corrected chi connectivity index (χ0v) is 14.5. The number of hydrogen-bond donors (Lipinski definition) is 2. The number of rotatable bonds is 6. The predicted octanol–water partition coefficient (Wildman–Crippen LogP) is 2.65. The first-order valence-corrected chi connectivity index (χ1v) is 7.45. The van der Waals surface area contributed by atoms with Crippen molar-refractivity contribution in [2.75, 3.05) is 11.9 Å². The number of ether oxygens (including phenoxy) is 1. The highest BCUT2D eigenvalue weighted by Gasteiger charge is 2.16. The average Bonchev–Trinajstić information content (AvgIpc) is 2.88. The number of carbonyl (C=O) groups is 2.